The first-order valence-electron chi connectivity index (χ1n) is 5.18. The van der Waals surface area contributed by atoms with E-state index >= 15 is 0 Å². The first-order valence-corrected chi connectivity index (χ1v) is 5.18. The van der Waals surface area contributed by atoms with Gasteiger partial charge in [0.15, 0.2) is 0 Å². The summed E-state index contributed by atoms with van der Waals surface area (Å²) in [5.74, 6) is 1.35. The fourth-order valence-electron chi connectivity index (χ4n) is 1.97. The van der Waals surface area contributed by atoms with E-state index in [1.807, 2.05) is 17.0 Å². The molecule has 1 aliphatic heterocycles. The standard InChI is InChI=1S/C11H16N2O2/c1-12(2)11(14)13-6-5-9(8-13)10-4-3-7-15-10/h3-4,7,9H,5-6,8H2,1-2H3. The molecule has 1 aliphatic rings. The molecule has 2 heterocycles. The SMILES string of the molecule is CN(C)C(=O)N1CCC(c2ccco2)C1. The molecule has 0 aromatic carbocycles. The van der Waals surface area contributed by atoms with Gasteiger partial charge in [0.05, 0.1) is 6.26 Å². The van der Waals surface area contributed by atoms with Crippen molar-refractivity contribution in [2.24, 2.45) is 0 Å². The lowest BCUT2D eigenvalue weighted by Gasteiger charge is -2.20. The summed E-state index contributed by atoms with van der Waals surface area (Å²) in [6.45, 7) is 1.59. The van der Waals surface area contributed by atoms with Crippen LogP contribution in [-0.4, -0.2) is 43.0 Å². The van der Waals surface area contributed by atoms with Crippen LogP contribution in [0.15, 0.2) is 22.8 Å². The molecule has 2 amide bonds. The summed E-state index contributed by atoms with van der Waals surface area (Å²) in [5.41, 5.74) is 0. The number of nitrogens with zero attached hydrogens (tertiary/aromatic N) is 2. The number of hydrogen-bond donors (Lipinski definition) is 0. The van der Waals surface area contributed by atoms with Crippen LogP contribution in [0.3, 0.4) is 0 Å². The molecule has 0 radical (unpaired) electrons. The average Bonchev–Trinajstić information content (AvgIpc) is 2.86. The van der Waals surface area contributed by atoms with Gasteiger partial charge in [0, 0.05) is 33.1 Å². The Morgan fingerprint density at radius 1 is 1.60 bits per heavy atom. The number of likely N-dealkylation sites (tertiary alicyclic amines) is 1. The van der Waals surface area contributed by atoms with Crippen LogP contribution in [0.4, 0.5) is 4.79 Å². The van der Waals surface area contributed by atoms with E-state index in [0.29, 0.717) is 5.92 Å². The number of carbonyl (C=O) groups excluding carboxylic acids is 1. The molecule has 0 bridgehead atoms. The minimum atomic E-state index is 0.0871. The molecule has 1 aromatic rings. The zero-order chi connectivity index (χ0) is 10.8. The Morgan fingerprint density at radius 2 is 2.40 bits per heavy atom. The van der Waals surface area contributed by atoms with Gasteiger partial charge >= 0.3 is 6.03 Å². The molecule has 1 saturated heterocycles. The van der Waals surface area contributed by atoms with Gasteiger partial charge in [-0.3, -0.25) is 0 Å². The van der Waals surface area contributed by atoms with Gasteiger partial charge in [-0.05, 0) is 18.6 Å². The van der Waals surface area contributed by atoms with E-state index in [0.717, 1.165) is 25.3 Å². The Balaban J connectivity index is 1.98. The second-order valence-electron chi connectivity index (χ2n) is 4.12. The third-order valence-electron chi connectivity index (χ3n) is 2.79. The third-order valence-corrected chi connectivity index (χ3v) is 2.79. The van der Waals surface area contributed by atoms with Crippen molar-refractivity contribution in [2.75, 3.05) is 27.2 Å². The number of rotatable bonds is 1. The van der Waals surface area contributed by atoms with Crippen molar-refractivity contribution in [3.63, 3.8) is 0 Å². The molecular weight excluding hydrogens is 192 g/mol. The van der Waals surface area contributed by atoms with Gasteiger partial charge in [-0.1, -0.05) is 0 Å². The fourth-order valence-corrected chi connectivity index (χ4v) is 1.97. The van der Waals surface area contributed by atoms with Gasteiger partial charge in [-0.15, -0.1) is 0 Å². The van der Waals surface area contributed by atoms with E-state index in [-0.39, 0.29) is 6.03 Å². The Hall–Kier alpha value is -1.45. The van der Waals surface area contributed by atoms with Crippen molar-refractivity contribution in [3.8, 4) is 0 Å². The molecule has 0 aliphatic carbocycles. The van der Waals surface area contributed by atoms with E-state index in [1.165, 1.54) is 0 Å². The summed E-state index contributed by atoms with van der Waals surface area (Å²) in [6.07, 6.45) is 2.68. The molecule has 0 N–H and O–H groups in total. The van der Waals surface area contributed by atoms with Crippen molar-refractivity contribution in [3.05, 3.63) is 24.2 Å². The van der Waals surface area contributed by atoms with Crippen LogP contribution in [0, 0.1) is 0 Å². The Morgan fingerprint density at radius 3 is 3.00 bits per heavy atom. The summed E-state index contributed by atoms with van der Waals surface area (Å²) < 4.78 is 5.35. The van der Waals surface area contributed by atoms with E-state index in [1.54, 1.807) is 25.3 Å². The molecule has 4 heteroatoms. The lowest BCUT2D eigenvalue weighted by Crippen LogP contribution is -2.37. The molecule has 1 aromatic heterocycles. The van der Waals surface area contributed by atoms with Gasteiger partial charge in [-0.25, -0.2) is 4.79 Å². The van der Waals surface area contributed by atoms with Crippen molar-refractivity contribution in [1.29, 1.82) is 0 Å². The predicted octanol–water partition coefficient (Wildman–Crippen LogP) is 1.75. The molecule has 1 fully saturated rings. The van der Waals surface area contributed by atoms with Crippen LogP contribution in [0.25, 0.3) is 0 Å². The van der Waals surface area contributed by atoms with Crippen molar-refractivity contribution in [1.82, 2.24) is 9.80 Å². The maximum atomic E-state index is 11.7. The summed E-state index contributed by atoms with van der Waals surface area (Å²) in [5, 5.41) is 0. The van der Waals surface area contributed by atoms with E-state index in [4.69, 9.17) is 4.42 Å². The number of hydrogen-bond acceptors (Lipinski definition) is 2. The van der Waals surface area contributed by atoms with E-state index < -0.39 is 0 Å². The largest absolute Gasteiger partial charge is 0.469 e. The molecule has 1 unspecified atom stereocenters. The highest BCUT2D eigenvalue weighted by molar-refractivity contribution is 5.74. The van der Waals surface area contributed by atoms with Crippen LogP contribution in [0.1, 0.15) is 18.1 Å². The van der Waals surface area contributed by atoms with Gasteiger partial charge in [0.1, 0.15) is 5.76 Å². The second kappa shape index (κ2) is 3.96. The summed E-state index contributed by atoms with van der Waals surface area (Å²) in [6, 6.07) is 3.96. The molecule has 15 heavy (non-hydrogen) atoms. The number of amides is 2. The van der Waals surface area contributed by atoms with Crippen molar-refractivity contribution >= 4 is 6.03 Å². The first-order chi connectivity index (χ1) is 7.18. The molecule has 4 nitrogen and oxygen atoms in total. The van der Waals surface area contributed by atoms with Gasteiger partial charge in [0.25, 0.3) is 0 Å². The highest BCUT2D eigenvalue weighted by atomic mass is 16.3. The maximum Gasteiger partial charge on any atom is 0.319 e. The Labute approximate surface area is 89.5 Å². The van der Waals surface area contributed by atoms with Crippen molar-refractivity contribution < 1.29 is 9.21 Å². The highest BCUT2D eigenvalue weighted by Gasteiger charge is 2.29. The third kappa shape index (κ3) is 1.98. The number of urea groups is 1. The van der Waals surface area contributed by atoms with Crippen molar-refractivity contribution in [2.45, 2.75) is 12.3 Å². The Kier molecular flexibility index (Phi) is 2.66. The minimum absolute atomic E-state index is 0.0871. The second-order valence-corrected chi connectivity index (χ2v) is 4.12. The number of carbonyl (C=O) groups is 1. The molecule has 0 spiro atoms. The lowest BCUT2D eigenvalue weighted by atomic mass is 10.1. The number of furan rings is 1. The highest BCUT2D eigenvalue weighted by Crippen LogP contribution is 2.27. The van der Waals surface area contributed by atoms with Crippen LogP contribution in [-0.2, 0) is 0 Å². The summed E-state index contributed by atoms with van der Waals surface area (Å²) >= 11 is 0. The summed E-state index contributed by atoms with van der Waals surface area (Å²) in [7, 11) is 3.56. The zero-order valence-corrected chi connectivity index (χ0v) is 9.14. The van der Waals surface area contributed by atoms with Crippen LogP contribution in [0.2, 0.25) is 0 Å². The normalized spacial score (nSPS) is 20.7. The average molecular weight is 208 g/mol. The minimum Gasteiger partial charge on any atom is -0.469 e. The van der Waals surface area contributed by atoms with E-state index in [2.05, 4.69) is 0 Å². The first kappa shape index (κ1) is 10.1. The monoisotopic (exact) mass is 208 g/mol. The molecule has 2 rings (SSSR count). The summed E-state index contributed by atoms with van der Waals surface area (Å²) in [4.78, 5) is 15.2. The fraction of sp³-hybridized carbons (Fsp3) is 0.545. The van der Waals surface area contributed by atoms with Crippen LogP contribution < -0.4 is 0 Å². The quantitative estimate of drug-likeness (QED) is 0.705. The van der Waals surface area contributed by atoms with Crippen LogP contribution in [0.5, 0.6) is 0 Å². The Bertz CT molecular complexity index is 332. The zero-order valence-electron chi connectivity index (χ0n) is 9.14. The molecule has 0 saturated carbocycles. The van der Waals surface area contributed by atoms with Gasteiger partial charge in [-0.2, -0.15) is 0 Å². The lowest BCUT2D eigenvalue weighted by molar-refractivity contribution is 0.181. The van der Waals surface area contributed by atoms with Crippen LogP contribution >= 0.6 is 0 Å². The predicted molar refractivity (Wildman–Crippen MR) is 56.7 cm³/mol. The maximum absolute atomic E-state index is 11.7. The smallest absolute Gasteiger partial charge is 0.319 e. The molecular formula is C11H16N2O2. The van der Waals surface area contributed by atoms with Gasteiger partial charge in [0.2, 0.25) is 0 Å². The molecule has 82 valence electrons. The van der Waals surface area contributed by atoms with Gasteiger partial charge < -0.3 is 14.2 Å². The van der Waals surface area contributed by atoms with E-state index in [9.17, 15) is 4.79 Å². The molecule has 1 atom stereocenters. The topological polar surface area (TPSA) is 36.7 Å².